The van der Waals surface area contributed by atoms with Crippen molar-refractivity contribution in [3.05, 3.63) is 29.3 Å². The van der Waals surface area contributed by atoms with Crippen molar-refractivity contribution in [2.75, 3.05) is 18.4 Å². The van der Waals surface area contributed by atoms with E-state index >= 15 is 0 Å². The molecule has 1 aromatic carbocycles. The predicted molar refractivity (Wildman–Crippen MR) is 73.3 cm³/mol. The van der Waals surface area contributed by atoms with E-state index in [4.69, 9.17) is 11.6 Å². The Labute approximate surface area is 115 Å². The van der Waals surface area contributed by atoms with Crippen LogP contribution in [0.2, 0.25) is 5.02 Å². The van der Waals surface area contributed by atoms with Crippen molar-refractivity contribution in [2.24, 2.45) is 4.99 Å². The molecular weight excluding hydrogens is 268 g/mol. The summed E-state index contributed by atoms with van der Waals surface area (Å²) in [6, 6.07) is 6.19. The summed E-state index contributed by atoms with van der Waals surface area (Å²) in [6.45, 7) is 2.70. The number of carbonyl (C=O) groups is 2. The first-order valence-corrected chi connectivity index (χ1v) is 6.16. The summed E-state index contributed by atoms with van der Waals surface area (Å²) in [5.41, 5.74) is 0.550. The molecule has 6 nitrogen and oxygen atoms in total. The number of carbonyl (C=O) groups excluding carboxylic acids is 2. The standard InChI is InChI=1S/C12H13ClN4O2/c1-2-17-7-10(18)15-11(17)16-12(19)14-9-5-3-4-8(13)6-9/h3-6H,2,7H2,1H3,(H2,14,15,16,18,19). The van der Waals surface area contributed by atoms with Crippen LogP contribution < -0.4 is 10.6 Å². The number of rotatable bonds is 2. The second kappa shape index (κ2) is 5.71. The number of nitrogens with zero attached hydrogens (tertiary/aromatic N) is 2. The van der Waals surface area contributed by atoms with Gasteiger partial charge < -0.3 is 10.2 Å². The summed E-state index contributed by atoms with van der Waals surface area (Å²) in [6.07, 6.45) is 0. The lowest BCUT2D eigenvalue weighted by molar-refractivity contribution is -0.118. The van der Waals surface area contributed by atoms with Crippen LogP contribution in [0.1, 0.15) is 6.92 Å². The normalized spacial score (nSPS) is 16.6. The van der Waals surface area contributed by atoms with E-state index in [9.17, 15) is 9.59 Å². The summed E-state index contributed by atoms with van der Waals surface area (Å²) in [7, 11) is 0. The highest BCUT2D eigenvalue weighted by Gasteiger charge is 2.24. The number of likely N-dealkylation sites (N-methyl/N-ethyl adjacent to an activating group) is 1. The van der Waals surface area contributed by atoms with Gasteiger partial charge in [0.1, 0.15) is 6.54 Å². The molecule has 1 aliphatic heterocycles. The molecule has 0 saturated carbocycles. The van der Waals surface area contributed by atoms with Crippen molar-refractivity contribution < 1.29 is 9.59 Å². The minimum Gasteiger partial charge on any atom is -0.333 e. The molecule has 0 spiro atoms. The number of benzene rings is 1. The monoisotopic (exact) mass is 280 g/mol. The highest BCUT2D eigenvalue weighted by molar-refractivity contribution is 6.30. The Kier molecular flexibility index (Phi) is 4.01. The Balaban J connectivity index is 2.06. The van der Waals surface area contributed by atoms with Gasteiger partial charge in [-0.3, -0.25) is 10.1 Å². The van der Waals surface area contributed by atoms with Crippen LogP contribution in [0, 0.1) is 0 Å². The predicted octanol–water partition coefficient (Wildman–Crippen LogP) is 1.68. The lowest BCUT2D eigenvalue weighted by atomic mass is 10.3. The molecule has 0 atom stereocenters. The van der Waals surface area contributed by atoms with Gasteiger partial charge in [-0.05, 0) is 25.1 Å². The molecule has 1 aromatic rings. The molecule has 0 unspecified atom stereocenters. The minimum atomic E-state index is -0.557. The SMILES string of the molecule is CCN1CC(=O)NC1=NC(=O)Nc1cccc(Cl)c1. The molecule has 1 fully saturated rings. The number of urea groups is 1. The fraction of sp³-hybridized carbons (Fsp3) is 0.250. The molecule has 2 rings (SSSR count). The number of amides is 3. The Hall–Kier alpha value is -2.08. The van der Waals surface area contributed by atoms with Crippen molar-refractivity contribution in [2.45, 2.75) is 6.92 Å². The quantitative estimate of drug-likeness (QED) is 0.865. The summed E-state index contributed by atoms with van der Waals surface area (Å²) >= 11 is 5.81. The Bertz CT molecular complexity index is 544. The highest BCUT2D eigenvalue weighted by Crippen LogP contribution is 2.15. The number of guanidine groups is 1. The van der Waals surface area contributed by atoms with E-state index in [1.165, 1.54) is 0 Å². The fourth-order valence-electron chi connectivity index (χ4n) is 1.67. The summed E-state index contributed by atoms with van der Waals surface area (Å²) in [5, 5.41) is 5.64. The van der Waals surface area contributed by atoms with Gasteiger partial charge in [-0.2, -0.15) is 4.99 Å². The molecule has 100 valence electrons. The topological polar surface area (TPSA) is 73.8 Å². The van der Waals surface area contributed by atoms with E-state index in [1.807, 2.05) is 6.92 Å². The summed E-state index contributed by atoms with van der Waals surface area (Å²) in [5.74, 6) is 0.100. The zero-order chi connectivity index (χ0) is 13.8. The van der Waals surface area contributed by atoms with Gasteiger partial charge in [0.15, 0.2) is 0 Å². The number of nitrogens with one attached hydrogen (secondary N) is 2. The number of anilines is 1. The van der Waals surface area contributed by atoms with Gasteiger partial charge in [0.25, 0.3) is 0 Å². The number of hydrogen-bond acceptors (Lipinski definition) is 2. The van der Waals surface area contributed by atoms with E-state index < -0.39 is 6.03 Å². The third kappa shape index (κ3) is 3.45. The van der Waals surface area contributed by atoms with E-state index in [2.05, 4.69) is 15.6 Å². The third-order valence-corrected chi connectivity index (χ3v) is 2.79. The smallest absolute Gasteiger partial charge is 0.333 e. The van der Waals surface area contributed by atoms with Crippen LogP contribution in [0.4, 0.5) is 10.5 Å². The maximum absolute atomic E-state index is 11.7. The van der Waals surface area contributed by atoms with Gasteiger partial charge >= 0.3 is 6.03 Å². The van der Waals surface area contributed by atoms with E-state index in [0.717, 1.165) is 0 Å². The van der Waals surface area contributed by atoms with Gasteiger partial charge in [-0.1, -0.05) is 17.7 Å². The first-order chi connectivity index (χ1) is 9.08. The van der Waals surface area contributed by atoms with Crippen molar-refractivity contribution in [1.82, 2.24) is 10.2 Å². The molecule has 1 saturated heterocycles. The van der Waals surface area contributed by atoms with Gasteiger partial charge in [-0.25, -0.2) is 4.79 Å². The Morgan fingerprint density at radius 3 is 3.05 bits per heavy atom. The first-order valence-electron chi connectivity index (χ1n) is 5.78. The fourth-order valence-corrected chi connectivity index (χ4v) is 1.86. The molecule has 0 aliphatic carbocycles. The van der Waals surface area contributed by atoms with Gasteiger partial charge in [0.05, 0.1) is 0 Å². The van der Waals surface area contributed by atoms with Crippen LogP contribution in [-0.2, 0) is 4.79 Å². The molecule has 0 bridgehead atoms. The van der Waals surface area contributed by atoms with Gasteiger partial charge in [0.2, 0.25) is 11.9 Å². The Morgan fingerprint density at radius 1 is 1.58 bits per heavy atom. The van der Waals surface area contributed by atoms with E-state index in [0.29, 0.717) is 17.3 Å². The zero-order valence-corrected chi connectivity index (χ0v) is 11.1. The minimum absolute atomic E-state index is 0.170. The largest absolute Gasteiger partial charge is 0.348 e. The van der Waals surface area contributed by atoms with Crippen LogP contribution in [0.25, 0.3) is 0 Å². The van der Waals surface area contributed by atoms with Crippen LogP contribution in [-0.4, -0.2) is 35.9 Å². The maximum Gasteiger partial charge on any atom is 0.348 e. The molecule has 0 radical (unpaired) electrons. The molecular formula is C12H13ClN4O2. The molecule has 7 heteroatoms. The summed E-state index contributed by atoms with van der Waals surface area (Å²) < 4.78 is 0. The molecule has 1 aliphatic rings. The number of aliphatic imine (C=N–C) groups is 1. The first kappa shape index (κ1) is 13.4. The maximum atomic E-state index is 11.7. The number of hydrogen-bond donors (Lipinski definition) is 2. The van der Waals surface area contributed by atoms with Crippen LogP contribution in [0.3, 0.4) is 0 Å². The van der Waals surface area contributed by atoms with Gasteiger partial charge in [0, 0.05) is 17.3 Å². The molecule has 2 N–H and O–H groups in total. The van der Waals surface area contributed by atoms with Crippen molar-refractivity contribution in [1.29, 1.82) is 0 Å². The highest BCUT2D eigenvalue weighted by atomic mass is 35.5. The third-order valence-electron chi connectivity index (χ3n) is 2.55. The van der Waals surface area contributed by atoms with Crippen LogP contribution >= 0.6 is 11.6 Å². The van der Waals surface area contributed by atoms with E-state index in [1.54, 1.807) is 29.2 Å². The van der Waals surface area contributed by atoms with Crippen molar-refractivity contribution in [3.63, 3.8) is 0 Å². The zero-order valence-electron chi connectivity index (χ0n) is 10.3. The molecule has 0 aromatic heterocycles. The second-order valence-electron chi connectivity index (χ2n) is 3.94. The molecule has 1 heterocycles. The second-order valence-corrected chi connectivity index (χ2v) is 4.37. The average Bonchev–Trinajstić information content (AvgIpc) is 2.69. The summed E-state index contributed by atoms with van der Waals surface area (Å²) in [4.78, 5) is 28.5. The van der Waals surface area contributed by atoms with E-state index in [-0.39, 0.29) is 18.4 Å². The van der Waals surface area contributed by atoms with Crippen molar-refractivity contribution in [3.8, 4) is 0 Å². The molecule has 19 heavy (non-hydrogen) atoms. The van der Waals surface area contributed by atoms with Crippen LogP contribution in [0.5, 0.6) is 0 Å². The average molecular weight is 281 g/mol. The number of halogens is 1. The van der Waals surface area contributed by atoms with Gasteiger partial charge in [-0.15, -0.1) is 0 Å². The van der Waals surface area contributed by atoms with Crippen molar-refractivity contribution >= 4 is 35.2 Å². The lowest BCUT2D eigenvalue weighted by Crippen LogP contribution is -2.31. The van der Waals surface area contributed by atoms with Crippen LogP contribution in [0.15, 0.2) is 29.3 Å². The lowest BCUT2D eigenvalue weighted by Gasteiger charge is -2.12. The Morgan fingerprint density at radius 2 is 2.37 bits per heavy atom. The molecule has 3 amide bonds.